The fraction of sp³-hybridized carbons (Fsp3) is 0. The molecule has 0 spiro atoms. The third-order valence-corrected chi connectivity index (χ3v) is 3.95. The number of hydrogen-bond acceptors (Lipinski definition) is 4. The molecule has 0 aliphatic rings. The maximum absolute atomic E-state index is 5.93. The summed E-state index contributed by atoms with van der Waals surface area (Å²) in [6.45, 7) is 0. The fourth-order valence-electron chi connectivity index (χ4n) is 1.08. The van der Waals surface area contributed by atoms with Gasteiger partial charge in [-0.15, -0.1) is 11.3 Å². The molecule has 2 rings (SSSR count). The van der Waals surface area contributed by atoms with Gasteiger partial charge in [-0.3, -0.25) is 10.4 Å². The lowest BCUT2D eigenvalue weighted by atomic mass is 10.4. The molecule has 0 atom stereocenters. The molecule has 0 saturated heterocycles. The summed E-state index contributed by atoms with van der Waals surface area (Å²) >= 11 is 16.8. The SMILES string of the molecule is Clc1cncc(Cl)c1N/N=C\c1ccc(Br)s1. The first-order chi connectivity index (χ1) is 8.16. The van der Waals surface area contributed by atoms with Crippen molar-refractivity contribution in [3.8, 4) is 0 Å². The summed E-state index contributed by atoms with van der Waals surface area (Å²) < 4.78 is 1.05. The normalized spacial score (nSPS) is 11.0. The Hall–Kier alpha value is -0.620. The number of nitrogens with zero attached hydrogens (tertiary/aromatic N) is 2. The van der Waals surface area contributed by atoms with Crippen LogP contribution in [0.2, 0.25) is 10.0 Å². The number of pyridine rings is 1. The van der Waals surface area contributed by atoms with Crippen molar-refractivity contribution in [1.82, 2.24) is 4.98 Å². The number of hydrazone groups is 1. The highest BCUT2D eigenvalue weighted by Gasteiger charge is 2.04. The van der Waals surface area contributed by atoms with Gasteiger partial charge in [0.05, 0.1) is 25.7 Å². The van der Waals surface area contributed by atoms with Gasteiger partial charge in [-0.1, -0.05) is 23.2 Å². The Labute approximate surface area is 121 Å². The first kappa shape index (κ1) is 12.8. The van der Waals surface area contributed by atoms with Crippen molar-refractivity contribution in [2.45, 2.75) is 0 Å². The van der Waals surface area contributed by atoms with E-state index < -0.39 is 0 Å². The number of aromatic nitrogens is 1. The molecule has 0 aliphatic heterocycles. The lowest BCUT2D eigenvalue weighted by Gasteiger charge is -2.03. The van der Waals surface area contributed by atoms with Crippen LogP contribution in [-0.4, -0.2) is 11.2 Å². The fourth-order valence-corrected chi connectivity index (χ4v) is 2.82. The standard InChI is InChI=1S/C10H6BrCl2N3S/c11-9-2-1-6(17-9)3-15-16-10-7(12)4-14-5-8(10)13/h1-5H,(H,14,16)/b15-3-. The van der Waals surface area contributed by atoms with Crippen LogP contribution in [0.4, 0.5) is 5.69 Å². The predicted molar refractivity (Wildman–Crippen MR) is 77.5 cm³/mol. The van der Waals surface area contributed by atoms with E-state index in [2.05, 4.69) is 31.4 Å². The van der Waals surface area contributed by atoms with E-state index in [-0.39, 0.29) is 0 Å². The lowest BCUT2D eigenvalue weighted by molar-refractivity contribution is 1.28. The number of rotatable bonds is 3. The molecule has 0 bridgehead atoms. The highest BCUT2D eigenvalue weighted by Crippen LogP contribution is 2.28. The molecular weight excluding hydrogens is 345 g/mol. The van der Waals surface area contributed by atoms with E-state index in [1.54, 1.807) is 17.6 Å². The zero-order valence-corrected chi connectivity index (χ0v) is 12.2. The second kappa shape index (κ2) is 5.82. The van der Waals surface area contributed by atoms with Crippen LogP contribution in [0.1, 0.15) is 4.88 Å². The van der Waals surface area contributed by atoms with E-state index in [1.165, 1.54) is 12.4 Å². The van der Waals surface area contributed by atoms with E-state index in [9.17, 15) is 0 Å². The first-order valence-electron chi connectivity index (χ1n) is 4.50. The molecule has 0 unspecified atom stereocenters. The Bertz CT molecular complexity index is 536. The van der Waals surface area contributed by atoms with Crippen LogP contribution in [-0.2, 0) is 0 Å². The van der Waals surface area contributed by atoms with Gasteiger partial charge in [0.15, 0.2) is 0 Å². The van der Waals surface area contributed by atoms with Crippen LogP contribution < -0.4 is 5.43 Å². The molecule has 7 heteroatoms. The second-order valence-electron chi connectivity index (χ2n) is 2.99. The zero-order chi connectivity index (χ0) is 12.3. The van der Waals surface area contributed by atoms with E-state index in [0.29, 0.717) is 15.7 Å². The smallest absolute Gasteiger partial charge is 0.0965 e. The van der Waals surface area contributed by atoms with Crippen molar-refractivity contribution in [3.63, 3.8) is 0 Å². The summed E-state index contributed by atoms with van der Waals surface area (Å²) in [6.07, 6.45) is 4.71. The molecule has 0 saturated carbocycles. The highest BCUT2D eigenvalue weighted by atomic mass is 79.9. The van der Waals surface area contributed by atoms with Crippen LogP contribution in [0, 0.1) is 0 Å². The second-order valence-corrected chi connectivity index (χ2v) is 6.30. The zero-order valence-electron chi connectivity index (χ0n) is 8.32. The van der Waals surface area contributed by atoms with Crippen molar-refractivity contribution < 1.29 is 0 Å². The summed E-state index contributed by atoms with van der Waals surface area (Å²) in [5, 5.41) is 4.93. The molecule has 0 radical (unpaired) electrons. The van der Waals surface area contributed by atoms with Gasteiger partial charge in [0.25, 0.3) is 0 Å². The highest BCUT2D eigenvalue weighted by molar-refractivity contribution is 9.11. The third-order valence-electron chi connectivity index (χ3n) is 1.82. The lowest BCUT2D eigenvalue weighted by Crippen LogP contribution is -1.92. The van der Waals surface area contributed by atoms with E-state index in [0.717, 1.165) is 8.66 Å². The summed E-state index contributed by atoms with van der Waals surface area (Å²) in [4.78, 5) is 4.87. The molecule has 2 aromatic rings. The molecular formula is C10H6BrCl2N3S. The molecule has 17 heavy (non-hydrogen) atoms. The molecule has 1 N–H and O–H groups in total. The maximum atomic E-state index is 5.93. The topological polar surface area (TPSA) is 37.3 Å². The largest absolute Gasteiger partial charge is 0.275 e. The van der Waals surface area contributed by atoms with Crippen molar-refractivity contribution in [1.29, 1.82) is 0 Å². The monoisotopic (exact) mass is 349 g/mol. The Morgan fingerprint density at radius 2 is 2.00 bits per heavy atom. The van der Waals surface area contributed by atoms with E-state index in [1.807, 2.05) is 12.1 Å². The minimum absolute atomic E-state index is 0.432. The quantitative estimate of drug-likeness (QED) is 0.645. The summed E-state index contributed by atoms with van der Waals surface area (Å²) in [5.41, 5.74) is 3.35. The van der Waals surface area contributed by atoms with Crippen LogP contribution >= 0.6 is 50.5 Å². The predicted octanol–water partition coefficient (Wildman–Crippen LogP) is 4.66. The minimum Gasteiger partial charge on any atom is -0.275 e. The average Bonchev–Trinajstić information content (AvgIpc) is 2.69. The molecule has 0 amide bonds. The van der Waals surface area contributed by atoms with Gasteiger partial charge >= 0.3 is 0 Å². The maximum Gasteiger partial charge on any atom is 0.0965 e. The van der Waals surface area contributed by atoms with Crippen LogP contribution in [0.25, 0.3) is 0 Å². The number of anilines is 1. The van der Waals surface area contributed by atoms with E-state index in [4.69, 9.17) is 23.2 Å². The van der Waals surface area contributed by atoms with Crippen molar-refractivity contribution >= 4 is 62.4 Å². The van der Waals surface area contributed by atoms with Gasteiger partial charge in [-0.05, 0) is 28.1 Å². The summed E-state index contributed by atoms with van der Waals surface area (Å²) in [7, 11) is 0. The van der Waals surface area contributed by atoms with Crippen LogP contribution in [0.3, 0.4) is 0 Å². The molecule has 0 fully saturated rings. The molecule has 0 aromatic carbocycles. The number of thiophene rings is 1. The van der Waals surface area contributed by atoms with Gasteiger partial charge in [0.2, 0.25) is 0 Å². The molecule has 3 nitrogen and oxygen atoms in total. The molecule has 0 aliphatic carbocycles. The summed E-state index contributed by atoms with van der Waals surface area (Å²) in [5.74, 6) is 0. The molecule has 88 valence electrons. The average molecular weight is 351 g/mol. The molecule has 2 heterocycles. The minimum atomic E-state index is 0.432. The van der Waals surface area contributed by atoms with Crippen LogP contribution in [0.15, 0.2) is 33.4 Å². The van der Waals surface area contributed by atoms with Crippen molar-refractivity contribution in [2.24, 2.45) is 5.10 Å². The summed E-state index contributed by atoms with van der Waals surface area (Å²) in [6, 6.07) is 3.91. The van der Waals surface area contributed by atoms with Gasteiger partial charge in [-0.2, -0.15) is 5.10 Å². The Kier molecular flexibility index (Phi) is 4.39. The number of hydrogen-bond donors (Lipinski definition) is 1. The van der Waals surface area contributed by atoms with Gasteiger partial charge in [0.1, 0.15) is 0 Å². The first-order valence-corrected chi connectivity index (χ1v) is 6.87. The van der Waals surface area contributed by atoms with E-state index >= 15 is 0 Å². The van der Waals surface area contributed by atoms with Crippen LogP contribution in [0.5, 0.6) is 0 Å². The van der Waals surface area contributed by atoms with Gasteiger partial charge < -0.3 is 0 Å². The Morgan fingerprint density at radius 3 is 2.59 bits per heavy atom. The Morgan fingerprint density at radius 1 is 1.29 bits per heavy atom. The molecule has 2 aromatic heterocycles. The Balaban J connectivity index is 2.10. The van der Waals surface area contributed by atoms with Gasteiger partial charge in [-0.25, -0.2) is 0 Å². The number of halogens is 3. The van der Waals surface area contributed by atoms with Crippen molar-refractivity contribution in [2.75, 3.05) is 5.43 Å². The number of nitrogens with one attached hydrogen (secondary N) is 1. The third kappa shape index (κ3) is 3.42. The van der Waals surface area contributed by atoms with Gasteiger partial charge in [0, 0.05) is 17.3 Å². The van der Waals surface area contributed by atoms with Crippen molar-refractivity contribution in [3.05, 3.63) is 43.2 Å².